The van der Waals surface area contributed by atoms with Crippen LogP contribution in [0.15, 0.2) is 18.2 Å². The van der Waals surface area contributed by atoms with Gasteiger partial charge in [0.25, 0.3) is 5.91 Å². The fourth-order valence-corrected chi connectivity index (χ4v) is 1.72. The zero-order valence-electron chi connectivity index (χ0n) is 11.8. The minimum Gasteiger partial charge on any atom is -0.490 e. The van der Waals surface area contributed by atoms with Crippen LogP contribution in [0.3, 0.4) is 0 Å². The summed E-state index contributed by atoms with van der Waals surface area (Å²) in [6.45, 7) is 4.18. The van der Waals surface area contributed by atoms with E-state index in [1.165, 1.54) is 25.3 Å². The highest BCUT2D eigenvalue weighted by Gasteiger charge is 2.20. The highest BCUT2D eigenvalue weighted by atomic mass is 16.6. The molecule has 7 heteroatoms. The summed E-state index contributed by atoms with van der Waals surface area (Å²) < 4.78 is 4.89. The monoisotopic (exact) mass is 281 g/mol. The average molecular weight is 281 g/mol. The van der Waals surface area contributed by atoms with Gasteiger partial charge in [0.1, 0.15) is 0 Å². The number of nitrogens with one attached hydrogen (secondary N) is 1. The lowest BCUT2D eigenvalue weighted by Gasteiger charge is -2.20. The SMILES string of the molecule is COc1ccc(C(=O)NC(CN)C(C)C)cc1[N+](=O)[O-]. The molecule has 7 nitrogen and oxygen atoms in total. The van der Waals surface area contributed by atoms with E-state index in [0.29, 0.717) is 6.54 Å². The normalized spacial score (nSPS) is 12.1. The molecule has 1 unspecified atom stereocenters. The molecular formula is C13H19N3O4. The molecule has 0 radical (unpaired) electrons. The van der Waals surface area contributed by atoms with Gasteiger partial charge in [0.15, 0.2) is 5.75 Å². The molecule has 0 saturated carbocycles. The molecular weight excluding hydrogens is 262 g/mol. The number of nitro benzene ring substituents is 1. The number of nitro groups is 1. The van der Waals surface area contributed by atoms with E-state index in [4.69, 9.17) is 10.5 Å². The van der Waals surface area contributed by atoms with Crippen LogP contribution in [0.1, 0.15) is 24.2 Å². The summed E-state index contributed by atoms with van der Waals surface area (Å²) in [6.07, 6.45) is 0. The third-order valence-corrected chi connectivity index (χ3v) is 3.01. The Bertz CT molecular complexity index is 502. The number of hydrogen-bond donors (Lipinski definition) is 2. The van der Waals surface area contributed by atoms with Crippen molar-refractivity contribution in [2.24, 2.45) is 11.7 Å². The second-order valence-electron chi connectivity index (χ2n) is 4.70. The van der Waals surface area contributed by atoms with Gasteiger partial charge < -0.3 is 15.8 Å². The molecule has 0 spiro atoms. The number of carbonyl (C=O) groups excluding carboxylic acids is 1. The minimum atomic E-state index is -0.585. The quantitative estimate of drug-likeness (QED) is 0.604. The summed E-state index contributed by atoms with van der Waals surface area (Å²) in [4.78, 5) is 22.4. The lowest BCUT2D eigenvalue weighted by atomic mass is 10.0. The van der Waals surface area contributed by atoms with Crippen LogP contribution in [0, 0.1) is 16.0 Å². The number of ether oxygens (including phenoxy) is 1. The molecule has 1 rings (SSSR count). The molecule has 0 bridgehead atoms. The van der Waals surface area contributed by atoms with Crippen molar-refractivity contribution in [2.75, 3.05) is 13.7 Å². The van der Waals surface area contributed by atoms with Crippen molar-refractivity contribution in [3.8, 4) is 5.75 Å². The van der Waals surface area contributed by atoms with Crippen molar-refractivity contribution in [2.45, 2.75) is 19.9 Å². The number of carbonyl (C=O) groups is 1. The molecule has 0 aliphatic rings. The van der Waals surface area contributed by atoms with Crippen molar-refractivity contribution in [1.29, 1.82) is 0 Å². The zero-order valence-corrected chi connectivity index (χ0v) is 11.8. The Morgan fingerprint density at radius 1 is 1.50 bits per heavy atom. The first-order valence-electron chi connectivity index (χ1n) is 6.24. The predicted molar refractivity (Wildman–Crippen MR) is 74.8 cm³/mol. The zero-order chi connectivity index (χ0) is 15.3. The van der Waals surface area contributed by atoms with Gasteiger partial charge in [0.2, 0.25) is 0 Å². The Hall–Kier alpha value is -2.15. The summed E-state index contributed by atoms with van der Waals surface area (Å²) in [7, 11) is 1.34. The molecule has 1 aromatic rings. The summed E-state index contributed by atoms with van der Waals surface area (Å²) in [5, 5.41) is 13.7. The second-order valence-corrected chi connectivity index (χ2v) is 4.70. The molecule has 1 amide bonds. The summed E-state index contributed by atoms with van der Waals surface area (Å²) >= 11 is 0. The topological polar surface area (TPSA) is 107 Å². The smallest absolute Gasteiger partial charge is 0.311 e. The van der Waals surface area contributed by atoms with Gasteiger partial charge in [-0.3, -0.25) is 14.9 Å². The van der Waals surface area contributed by atoms with E-state index < -0.39 is 4.92 Å². The molecule has 1 atom stereocenters. The standard InChI is InChI=1S/C13H19N3O4/c1-8(2)10(7-14)15-13(17)9-4-5-12(20-3)11(6-9)16(18)19/h4-6,8,10H,7,14H2,1-3H3,(H,15,17). The number of rotatable bonds is 6. The largest absolute Gasteiger partial charge is 0.490 e. The van der Waals surface area contributed by atoms with Crippen molar-refractivity contribution in [1.82, 2.24) is 5.32 Å². The van der Waals surface area contributed by atoms with E-state index in [1.54, 1.807) is 0 Å². The fourth-order valence-electron chi connectivity index (χ4n) is 1.72. The number of benzene rings is 1. The molecule has 0 aromatic heterocycles. The van der Waals surface area contributed by atoms with Gasteiger partial charge in [-0.2, -0.15) is 0 Å². The molecule has 0 heterocycles. The fraction of sp³-hybridized carbons (Fsp3) is 0.462. The van der Waals surface area contributed by atoms with Crippen LogP contribution in [0.4, 0.5) is 5.69 Å². The molecule has 1 aromatic carbocycles. The van der Waals surface area contributed by atoms with Crippen LogP contribution >= 0.6 is 0 Å². The number of hydrogen-bond acceptors (Lipinski definition) is 5. The van der Waals surface area contributed by atoms with Crippen LogP contribution < -0.4 is 15.8 Å². The summed E-state index contributed by atoms with van der Waals surface area (Å²) in [5.41, 5.74) is 5.54. The Balaban J connectivity index is 2.99. The molecule has 0 aliphatic carbocycles. The lowest BCUT2D eigenvalue weighted by Crippen LogP contribution is -2.43. The molecule has 3 N–H and O–H groups in total. The Morgan fingerprint density at radius 2 is 2.15 bits per heavy atom. The number of amides is 1. The Kier molecular flexibility index (Phi) is 5.45. The van der Waals surface area contributed by atoms with Gasteiger partial charge in [-0.1, -0.05) is 13.8 Å². The molecule has 0 saturated heterocycles. The maximum atomic E-state index is 12.1. The third-order valence-electron chi connectivity index (χ3n) is 3.01. The maximum Gasteiger partial charge on any atom is 0.311 e. The van der Waals surface area contributed by atoms with E-state index in [0.717, 1.165) is 0 Å². The van der Waals surface area contributed by atoms with E-state index in [1.807, 2.05) is 13.8 Å². The van der Waals surface area contributed by atoms with Crippen molar-refractivity contribution >= 4 is 11.6 Å². The van der Waals surface area contributed by atoms with E-state index in [2.05, 4.69) is 5.32 Å². The number of methoxy groups -OCH3 is 1. The lowest BCUT2D eigenvalue weighted by molar-refractivity contribution is -0.385. The van der Waals surface area contributed by atoms with Gasteiger partial charge in [-0.15, -0.1) is 0 Å². The first kappa shape index (κ1) is 15.9. The summed E-state index contributed by atoms with van der Waals surface area (Å²) in [5.74, 6) is -0.0946. The number of nitrogens with two attached hydrogens (primary N) is 1. The average Bonchev–Trinajstić information content (AvgIpc) is 2.43. The van der Waals surface area contributed by atoms with Crippen molar-refractivity contribution in [3.63, 3.8) is 0 Å². The van der Waals surface area contributed by atoms with Crippen molar-refractivity contribution in [3.05, 3.63) is 33.9 Å². The molecule has 110 valence electrons. The maximum absolute atomic E-state index is 12.1. The van der Waals surface area contributed by atoms with E-state index in [-0.39, 0.29) is 34.9 Å². The van der Waals surface area contributed by atoms with E-state index >= 15 is 0 Å². The van der Waals surface area contributed by atoms with Gasteiger partial charge in [0, 0.05) is 24.2 Å². The minimum absolute atomic E-state index is 0.116. The highest BCUT2D eigenvalue weighted by molar-refractivity contribution is 5.95. The number of nitrogens with zero attached hydrogens (tertiary/aromatic N) is 1. The van der Waals surface area contributed by atoms with Crippen LogP contribution in [0.25, 0.3) is 0 Å². The Labute approximate surface area is 117 Å². The van der Waals surface area contributed by atoms with Crippen molar-refractivity contribution < 1.29 is 14.5 Å². The van der Waals surface area contributed by atoms with Gasteiger partial charge in [-0.25, -0.2) is 0 Å². The van der Waals surface area contributed by atoms with Crippen LogP contribution in [0.5, 0.6) is 5.75 Å². The first-order valence-corrected chi connectivity index (χ1v) is 6.24. The van der Waals surface area contributed by atoms with Crippen LogP contribution in [-0.2, 0) is 0 Å². The van der Waals surface area contributed by atoms with Crippen LogP contribution in [-0.4, -0.2) is 30.5 Å². The highest BCUT2D eigenvalue weighted by Crippen LogP contribution is 2.27. The second kappa shape index (κ2) is 6.85. The molecule has 20 heavy (non-hydrogen) atoms. The van der Waals surface area contributed by atoms with E-state index in [9.17, 15) is 14.9 Å². The third kappa shape index (κ3) is 3.67. The molecule has 0 aliphatic heterocycles. The first-order chi connectivity index (χ1) is 9.40. The van der Waals surface area contributed by atoms with Gasteiger partial charge >= 0.3 is 5.69 Å². The van der Waals surface area contributed by atoms with Gasteiger partial charge in [0.05, 0.1) is 12.0 Å². The molecule has 0 fully saturated rings. The van der Waals surface area contributed by atoms with Crippen LogP contribution in [0.2, 0.25) is 0 Å². The predicted octanol–water partition coefficient (Wildman–Crippen LogP) is 1.32. The summed E-state index contributed by atoms with van der Waals surface area (Å²) in [6, 6.07) is 3.90. The Morgan fingerprint density at radius 3 is 2.60 bits per heavy atom. The van der Waals surface area contributed by atoms with Gasteiger partial charge in [-0.05, 0) is 18.1 Å².